The van der Waals surface area contributed by atoms with E-state index in [4.69, 9.17) is 15.3 Å². The van der Waals surface area contributed by atoms with Crippen LogP contribution in [-0.2, 0) is 23.9 Å². The summed E-state index contributed by atoms with van der Waals surface area (Å²) in [5.41, 5.74) is 0. The Kier molecular flexibility index (Phi) is 11.7. The highest BCUT2D eigenvalue weighted by molar-refractivity contribution is 5.90. The van der Waals surface area contributed by atoms with E-state index in [1.807, 2.05) is 6.92 Å². The fourth-order valence-electron chi connectivity index (χ4n) is 0.533. The Labute approximate surface area is 108 Å². The van der Waals surface area contributed by atoms with Crippen LogP contribution >= 0.6 is 0 Å². The van der Waals surface area contributed by atoms with Gasteiger partial charge in [0.15, 0.2) is 0 Å². The lowest BCUT2D eigenvalue weighted by atomic mass is 10.5. The molecule has 0 saturated heterocycles. The minimum Gasteiger partial charge on any atom is -0.478 e. The van der Waals surface area contributed by atoms with Crippen LogP contribution in [0.3, 0.4) is 0 Å². The van der Waals surface area contributed by atoms with Crippen molar-refractivity contribution in [3.63, 3.8) is 0 Å². The third-order valence-corrected chi connectivity index (χ3v) is 1.18. The average Bonchev–Trinajstić information content (AvgIpc) is 2.32. The SMILES string of the molecule is CCCOC(=O)C=CC(=O)O.O=C(O)C=CC(=O)O. The van der Waals surface area contributed by atoms with Gasteiger partial charge < -0.3 is 20.1 Å². The van der Waals surface area contributed by atoms with Crippen molar-refractivity contribution >= 4 is 23.9 Å². The topological polar surface area (TPSA) is 138 Å². The molecule has 0 amide bonds. The molecule has 0 spiro atoms. The van der Waals surface area contributed by atoms with E-state index in [0.29, 0.717) is 18.8 Å². The number of aliphatic carboxylic acids is 3. The molecule has 0 radical (unpaired) electrons. The quantitative estimate of drug-likeness (QED) is 0.464. The molecule has 0 aliphatic heterocycles. The Morgan fingerprint density at radius 3 is 1.53 bits per heavy atom. The van der Waals surface area contributed by atoms with Crippen LogP contribution in [0.1, 0.15) is 13.3 Å². The van der Waals surface area contributed by atoms with E-state index < -0.39 is 23.9 Å². The molecule has 0 aromatic rings. The maximum Gasteiger partial charge on any atom is 0.331 e. The van der Waals surface area contributed by atoms with Crippen molar-refractivity contribution in [1.29, 1.82) is 0 Å². The molecule has 0 aliphatic rings. The fraction of sp³-hybridized carbons (Fsp3) is 0.273. The molecule has 19 heavy (non-hydrogen) atoms. The minimum atomic E-state index is -1.26. The average molecular weight is 274 g/mol. The van der Waals surface area contributed by atoms with Crippen LogP contribution in [-0.4, -0.2) is 45.8 Å². The van der Waals surface area contributed by atoms with Gasteiger partial charge in [-0.05, 0) is 6.42 Å². The molecular formula is C11H14O8. The molecule has 0 rings (SSSR count). The van der Waals surface area contributed by atoms with Crippen molar-refractivity contribution in [3.8, 4) is 0 Å². The summed E-state index contributed by atoms with van der Waals surface area (Å²) in [7, 11) is 0. The van der Waals surface area contributed by atoms with Gasteiger partial charge >= 0.3 is 23.9 Å². The number of rotatable bonds is 6. The highest BCUT2D eigenvalue weighted by atomic mass is 16.5. The third-order valence-electron chi connectivity index (χ3n) is 1.18. The van der Waals surface area contributed by atoms with Crippen LogP contribution in [0.25, 0.3) is 0 Å². The summed E-state index contributed by atoms with van der Waals surface area (Å²) in [5.74, 6) is -4.28. The van der Waals surface area contributed by atoms with Crippen molar-refractivity contribution in [2.75, 3.05) is 6.61 Å². The van der Waals surface area contributed by atoms with E-state index >= 15 is 0 Å². The smallest absolute Gasteiger partial charge is 0.331 e. The van der Waals surface area contributed by atoms with Crippen molar-refractivity contribution in [3.05, 3.63) is 24.3 Å². The second-order valence-electron chi connectivity index (χ2n) is 2.85. The number of esters is 1. The van der Waals surface area contributed by atoms with E-state index in [-0.39, 0.29) is 0 Å². The predicted molar refractivity (Wildman–Crippen MR) is 62.4 cm³/mol. The van der Waals surface area contributed by atoms with Gasteiger partial charge in [0.1, 0.15) is 0 Å². The summed E-state index contributed by atoms with van der Waals surface area (Å²) in [5, 5.41) is 23.7. The Morgan fingerprint density at radius 2 is 1.21 bits per heavy atom. The van der Waals surface area contributed by atoms with Crippen molar-refractivity contribution < 1.29 is 39.2 Å². The first-order valence-corrected chi connectivity index (χ1v) is 5.01. The molecule has 3 N–H and O–H groups in total. The summed E-state index contributed by atoms with van der Waals surface area (Å²) in [4.78, 5) is 39.5. The van der Waals surface area contributed by atoms with Gasteiger partial charge in [-0.1, -0.05) is 6.92 Å². The van der Waals surface area contributed by atoms with Gasteiger partial charge in [0.2, 0.25) is 0 Å². The molecule has 0 aromatic carbocycles. The molecule has 0 atom stereocenters. The van der Waals surface area contributed by atoms with Gasteiger partial charge in [-0.2, -0.15) is 0 Å². The largest absolute Gasteiger partial charge is 0.478 e. The molecule has 0 fully saturated rings. The lowest BCUT2D eigenvalue weighted by molar-refractivity contribution is -0.138. The summed E-state index contributed by atoms with van der Waals surface area (Å²) < 4.78 is 4.55. The highest BCUT2D eigenvalue weighted by Crippen LogP contribution is 1.84. The van der Waals surface area contributed by atoms with E-state index in [1.54, 1.807) is 0 Å². The molecule has 8 heteroatoms. The Bertz CT molecular complexity index is 364. The monoisotopic (exact) mass is 274 g/mol. The summed E-state index contributed by atoms with van der Waals surface area (Å²) in [6.45, 7) is 2.18. The summed E-state index contributed by atoms with van der Waals surface area (Å²) >= 11 is 0. The first-order valence-electron chi connectivity index (χ1n) is 5.01. The minimum absolute atomic E-state index is 0.322. The zero-order valence-electron chi connectivity index (χ0n) is 10.1. The third kappa shape index (κ3) is 21.2. The summed E-state index contributed by atoms with van der Waals surface area (Å²) in [6.07, 6.45) is 3.48. The standard InChI is InChI=1S/C7H10O4.C4H4O4/c1-2-5-11-7(10)4-3-6(8)9;5-3(6)1-2-4(7)8/h3-4H,2,5H2,1H3,(H,8,9);1-2H,(H,5,6)(H,7,8). The lowest BCUT2D eigenvalue weighted by Gasteiger charge is -1.95. The van der Waals surface area contributed by atoms with Gasteiger partial charge in [0.05, 0.1) is 6.61 Å². The normalized spacial score (nSPS) is 9.74. The lowest BCUT2D eigenvalue weighted by Crippen LogP contribution is -2.02. The highest BCUT2D eigenvalue weighted by Gasteiger charge is 1.95. The van der Waals surface area contributed by atoms with Gasteiger partial charge in [0, 0.05) is 24.3 Å². The molecule has 8 nitrogen and oxygen atoms in total. The summed E-state index contributed by atoms with van der Waals surface area (Å²) in [6, 6.07) is 0. The number of hydrogen-bond acceptors (Lipinski definition) is 5. The van der Waals surface area contributed by atoms with Crippen LogP contribution in [0.4, 0.5) is 0 Å². The van der Waals surface area contributed by atoms with E-state index in [2.05, 4.69) is 4.74 Å². The van der Waals surface area contributed by atoms with Gasteiger partial charge in [0.25, 0.3) is 0 Å². The molecule has 0 bridgehead atoms. The maximum atomic E-state index is 10.5. The Hall–Kier alpha value is -2.64. The van der Waals surface area contributed by atoms with Crippen LogP contribution < -0.4 is 0 Å². The first-order chi connectivity index (χ1) is 8.79. The predicted octanol–water partition coefficient (Wildman–Crippen LogP) is 0.292. The van der Waals surface area contributed by atoms with Gasteiger partial charge in [-0.25, -0.2) is 19.2 Å². The second kappa shape index (κ2) is 11.8. The Balaban J connectivity index is 0. The molecule has 0 aliphatic carbocycles. The fourth-order valence-corrected chi connectivity index (χ4v) is 0.533. The van der Waals surface area contributed by atoms with E-state index in [9.17, 15) is 19.2 Å². The first kappa shape index (κ1) is 18.7. The van der Waals surface area contributed by atoms with Crippen molar-refractivity contribution in [2.24, 2.45) is 0 Å². The molecule has 0 unspecified atom stereocenters. The molecule has 0 aromatic heterocycles. The van der Waals surface area contributed by atoms with Crippen LogP contribution in [0, 0.1) is 0 Å². The van der Waals surface area contributed by atoms with Crippen molar-refractivity contribution in [1.82, 2.24) is 0 Å². The molecule has 0 saturated carbocycles. The van der Waals surface area contributed by atoms with Crippen molar-refractivity contribution in [2.45, 2.75) is 13.3 Å². The van der Waals surface area contributed by atoms with Crippen LogP contribution in [0.5, 0.6) is 0 Å². The van der Waals surface area contributed by atoms with E-state index in [0.717, 1.165) is 18.6 Å². The van der Waals surface area contributed by atoms with Crippen LogP contribution in [0.15, 0.2) is 24.3 Å². The number of carboxylic acids is 3. The molecule has 106 valence electrons. The number of ether oxygens (including phenoxy) is 1. The zero-order valence-corrected chi connectivity index (χ0v) is 10.1. The van der Waals surface area contributed by atoms with Gasteiger partial charge in [-0.15, -0.1) is 0 Å². The van der Waals surface area contributed by atoms with Crippen LogP contribution in [0.2, 0.25) is 0 Å². The number of carbonyl (C=O) groups excluding carboxylic acids is 1. The zero-order chi connectivity index (χ0) is 15.3. The Morgan fingerprint density at radius 1 is 0.842 bits per heavy atom. The van der Waals surface area contributed by atoms with E-state index in [1.165, 1.54) is 0 Å². The molecule has 0 heterocycles. The number of hydrogen-bond donors (Lipinski definition) is 3. The number of carbonyl (C=O) groups is 4. The molecular weight excluding hydrogens is 260 g/mol. The second-order valence-corrected chi connectivity index (χ2v) is 2.85. The van der Waals surface area contributed by atoms with Gasteiger partial charge in [-0.3, -0.25) is 0 Å². The number of carboxylic acid groups (broad SMARTS) is 3. The maximum absolute atomic E-state index is 10.5.